The third-order valence-corrected chi connectivity index (χ3v) is 5.90. The number of likely N-dealkylation sites (tertiary alicyclic amines) is 1. The van der Waals surface area contributed by atoms with Crippen molar-refractivity contribution in [3.8, 4) is 0 Å². The minimum Gasteiger partial charge on any atom is -0.325 e. The van der Waals surface area contributed by atoms with E-state index in [-0.39, 0.29) is 16.6 Å². The first-order valence-corrected chi connectivity index (χ1v) is 10.5. The summed E-state index contributed by atoms with van der Waals surface area (Å²) in [5.41, 5.74) is -0.714. The lowest BCUT2D eigenvalue weighted by Crippen LogP contribution is -2.38. The highest BCUT2D eigenvalue weighted by atomic mass is 32.2. The average Bonchev–Trinajstić information content (AvgIpc) is 2.68. The summed E-state index contributed by atoms with van der Waals surface area (Å²) in [5, 5.41) is 2.71. The second kappa shape index (κ2) is 8.32. The van der Waals surface area contributed by atoms with Crippen LogP contribution in [0.5, 0.6) is 0 Å². The number of anilines is 2. The number of hydrogen-bond donors (Lipinski definition) is 2. The molecule has 0 bridgehead atoms. The lowest BCUT2D eigenvalue weighted by Gasteiger charge is -2.26. The number of sulfonamides is 1. The monoisotopic (exact) mass is 427 g/mol. The van der Waals surface area contributed by atoms with Gasteiger partial charge in [-0.15, -0.1) is 0 Å². The number of carbonyl (C=O) groups is 1. The van der Waals surface area contributed by atoms with Crippen LogP contribution in [0.2, 0.25) is 0 Å². The van der Waals surface area contributed by atoms with Crippen molar-refractivity contribution in [1.82, 2.24) is 4.90 Å². The van der Waals surface area contributed by atoms with E-state index in [1.165, 1.54) is 30.3 Å². The SMILES string of the molecule is O=C(Nc1ccc(S(=O)(=O)Nc2cccc(C(F)(F)F)c2)cc1)N1CCCCC1. The zero-order valence-electron chi connectivity index (χ0n) is 15.4. The fourth-order valence-electron chi connectivity index (χ4n) is 2.99. The molecule has 10 heteroatoms. The normalized spacial score (nSPS) is 15.1. The predicted octanol–water partition coefficient (Wildman–Crippen LogP) is 4.52. The number of rotatable bonds is 4. The van der Waals surface area contributed by atoms with Crippen LogP contribution in [0.4, 0.5) is 29.3 Å². The zero-order valence-corrected chi connectivity index (χ0v) is 16.2. The van der Waals surface area contributed by atoms with Crippen LogP contribution in [0.3, 0.4) is 0 Å². The molecular weight excluding hydrogens is 407 g/mol. The molecule has 0 aliphatic carbocycles. The maximum absolute atomic E-state index is 12.8. The second-order valence-corrected chi connectivity index (χ2v) is 8.37. The number of nitrogens with one attached hydrogen (secondary N) is 2. The lowest BCUT2D eigenvalue weighted by atomic mass is 10.1. The highest BCUT2D eigenvalue weighted by Crippen LogP contribution is 2.31. The van der Waals surface area contributed by atoms with Gasteiger partial charge in [0.2, 0.25) is 0 Å². The van der Waals surface area contributed by atoms with E-state index >= 15 is 0 Å². The number of carbonyl (C=O) groups excluding carboxylic acids is 1. The van der Waals surface area contributed by atoms with Crippen LogP contribution in [-0.4, -0.2) is 32.4 Å². The van der Waals surface area contributed by atoms with Gasteiger partial charge in [0, 0.05) is 24.5 Å². The molecule has 0 aromatic heterocycles. The summed E-state index contributed by atoms with van der Waals surface area (Å²) >= 11 is 0. The molecule has 0 saturated carbocycles. The molecule has 0 unspecified atom stereocenters. The van der Waals surface area contributed by atoms with Crippen molar-refractivity contribution in [1.29, 1.82) is 0 Å². The molecule has 1 aliphatic rings. The fourth-order valence-corrected chi connectivity index (χ4v) is 4.04. The summed E-state index contributed by atoms with van der Waals surface area (Å²) in [6.07, 6.45) is -1.58. The fraction of sp³-hybridized carbons (Fsp3) is 0.316. The molecule has 0 atom stereocenters. The molecule has 2 N–H and O–H groups in total. The number of urea groups is 1. The molecule has 1 aliphatic heterocycles. The highest BCUT2D eigenvalue weighted by Gasteiger charge is 2.30. The third-order valence-electron chi connectivity index (χ3n) is 4.50. The third kappa shape index (κ3) is 5.41. The van der Waals surface area contributed by atoms with Crippen LogP contribution in [-0.2, 0) is 16.2 Å². The number of alkyl halides is 3. The molecule has 0 spiro atoms. The van der Waals surface area contributed by atoms with E-state index in [9.17, 15) is 26.4 Å². The lowest BCUT2D eigenvalue weighted by molar-refractivity contribution is -0.137. The number of amides is 2. The average molecular weight is 427 g/mol. The first-order chi connectivity index (χ1) is 13.6. The molecular formula is C19H20F3N3O3S. The molecule has 29 heavy (non-hydrogen) atoms. The Balaban J connectivity index is 1.69. The molecule has 1 heterocycles. The van der Waals surface area contributed by atoms with Crippen molar-refractivity contribution in [2.24, 2.45) is 0 Å². The van der Waals surface area contributed by atoms with Crippen LogP contribution >= 0.6 is 0 Å². The number of halogens is 3. The number of benzene rings is 2. The summed E-state index contributed by atoms with van der Waals surface area (Å²) in [4.78, 5) is 13.8. The maximum atomic E-state index is 12.8. The zero-order chi connectivity index (χ0) is 21.1. The molecule has 2 amide bonds. The Kier molecular flexibility index (Phi) is 6.02. The van der Waals surface area contributed by atoms with Gasteiger partial charge in [-0.2, -0.15) is 13.2 Å². The van der Waals surface area contributed by atoms with Crippen LogP contribution in [0, 0.1) is 0 Å². The van der Waals surface area contributed by atoms with Crippen molar-refractivity contribution >= 4 is 27.4 Å². The van der Waals surface area contributed by atoms with Gasteiger partial charge >= 0.3 is 12.2 Å². The second-order valence-electron chi connectivity index (χ2n) is 6.69. The van der Waals surface area contributed by atoms with E-state index in [1.54, 1.807) is 4.90 Å². The smallest absolute Gasteiger partial charge is 0.325 e. The van der Waals surface area contributed by atoms with Crippen molar-refractivity contribution < 1.29 is 26.4 Å². The molecule has 6 nitrogen and oxygen atoms in total. The van der Waals surface area contributed by atoms with Crippen molar-refractivity contribution in [2.45, 2.75) is 30.3 Å². The van der Waals surface area contributed by atoms with Gasteiger partial charge in [0.05, 0.1) is 10.5 Å². The Morgan fingerprint density at radius 1 is 0.931 bits per heavy atom. The van der Waals surface area contributed by atoms with Gasteiger partial charge in [0.15, 0.2) is 0 Å². The van der Waals surface area contributed by atoms with E-state index in [0.717, 1.165) is 37.5 Å². The minimum atomic E-state index is -4.57. The van der Waals surface area contributed by atoms with Gasteiger partial charge < -0.3 is 10.2 Å². The largest absolute Gasteiger partial charge is 0.416 e. The molecule has 2 aromatic rings. The van der Waals surface area contributed by atoms with Gasteiger partial charge in [0.1, 0.15) is 0 Å². The van der Waals surface area contributed by atoms with Crippen LogP contribution in [0.25, 0.3) is 0 Å². The van der Waals surface area contributed by atoms with E-state index in [0.29, 0.717) is 18.8 Å². The minimum absolute atomic E-state index is 0.133. The molecule has 3 rings (SSSR count). The van der Waals surface area contributed by atoms with Gasteiger partial charge in [-0.25, -0.2) is 13.2 Å². The van der Waals surface area contributed by atoms with E-state index in [4.69, 9.17) is 0 Å². The van der Waals surface area contributed by atoms with E-state index in [1.807, 2.05) is 0 Å². The summed E-state index contributed by atoms with van der Waals surface area (Å²) in [6, 6.07) is 9.12. The first kappa shape index (κ1) is 21.0. The van der Waals surface area contributed by atoms with E-state index in [2.05, 4.69) is 10.0 Å². The standard InChI is InChI=1S/C19H20F3N3O3S/c20-19(21,22)14-5-4-6-16(13-14)24-29(27,28)17-9-7-15(8-10-17)23-18(26)25-11-2-1-3-12-25/h4-10,13,24H,1-3,11-12H2,(H,23,26). The Labute approximate surface area is 166 Å². The van der Waals surface area contributed by atoms with Crippen molar-refractivity contribution in [2.75, 3.05) is 23.1 Å². The van der Waals surface area contributed by atoms with Crippen molar-refractivity contribution in [3.05, 3.63) is 54.1 Å². The number of nitrogens with zero attached hydrogens (tertiary/aromatic N) is 1. The van der Waals surface area contributed by atoms with Crippen LogP contribution in [0.1, 0.15) is 24.8 Å². The van der Waals surface area contributed by atoms with Crippen molar-refractivity contribution in [3.63, 3.8) is 0 Å². The topological polar surface area (TPSA) is 78.5 Å². The Morgan fingerprint density at radius 3 is 2.21 bits per heavy atom. The molecule has 2 aromatic carbocycles. The van der Waals surface area contributed by atoms with Gasteiger partial charge in [0.25, 0.3) is 10.0 Å². The number of piperidine rings is 1. The van der Waals surface area contributed by atoms with Gasteiger partial charge in [-0.05, 0) is 61.7 Å². The van der Waals surface area contributed by atoms with E-state index < -0.39 is 21.8 Å². The first-order valence-electron chi connectivity index (χ1n) is 9.01. The van der Waals surface area contributed by atoms with Gasteiger partial charge in [-0.3, -0.25) is 4.72 Å². The summed E-state index contributed by atoms with van der Waals surface area (Å²) in [7, 11) is -4.08. The quantitative estimate of drug-likeness (QED) is 0.753. The maximum Gasteiger partial charge on any atom is 0.416 e. The number of hydrogen-bond acceptors (Lipinski definition) is 3. The Hall–Kier alpha value is -2.75. The van der Waals surface area contributed by atoms with Crippen LogP contribution in [0.15, 0.2) is 53.4 Å². The molecule has 0 radical (unpaired) electrons. The highest BCUT2D eigenvalue weighted by molar-refractivity contribution is 7.92. The molecule has 156 valence electrons. The summed E-state index contributed by atoms with van der Waals surface area (Å²) < 4.78 is 65.4. The van der Waals surface area contributed by atoms with Crippen LogP contribution < -0.4 is 10.0 Å². The van der Waals surface area contributed by atoms with Gasteiger partial charge in [-0.1, -0.05) is 6.07 Å². The Morgan fingerprint density at radius 2 is 1.59 bits per heavy atom. The molecule has 1 fully saturated rings. The predicted molar refractivity (Wildman–Crippen MR) is 103 cm³/mol. The summed E-state index contributed by atoms with van der Waals surface area (Å²) in [5.74, 6) is 0. The molecule has 1 saturated heterocycles. The Bertz CT molecular complexity index is 970. The summed E-state index contributed by atoms with van der Waals surface area (Å²) in [6.45, 7) is 1.36.